The predicted molar refractivity (Wildman–Crippen MR) is 64.8 cm³/mol. The van der Waals surface area contributed by atoms with Gasteiger partial charge in [-0.3, -0.25) is 0 Å². The molecule has 1 aromatic carbocycles. The van der Waals surface area contributed by atoms with Gasteiger partial charge in [0.2, 0.25) is 0 Å². The number of nitrogens with two attached hydrogens (primary N) is 1. The van der Waals surface area contributed by atoms with Crippen molar-refractivity contribution in [2.75, 3.05) is 0 Å². The van der Waals surface area contributed by atoms with E-state index in [0.717, 1.165) is 16.1 Å². The molecule has 1 heterocycles. The molecule has 0 saturated heterocycles. The van der Waals surface area contributed by atoms with Gasteiger partial charge in [0.15, 0.2) is 0 Å². The molecule has 0 spiro atoms. The van der Waals surface area contributed by atoms with E-state index >= 15 is 0 Å². The molecule has 0 aliphatic heterocycles. The van der Waals surface area contributed by atoms with Crippen molar-refractivity contribution in [2.24, 2.45) is 5.73 Å². The molecule has 2 nitrogen and oxygen atoms in total. The zero-order chi connectivity index (χ0) is 11.7. The second-order valence-electron chi connectivity index (χ2n) is 3.79. The topological polar surface area (TPSA) is 38.9 Å². The van der Waals surface area contributed by atoms with E-state index in [1.54, 1.807) is 18.5 Å². The summed E-state index contributed by atoms with van der Waals surface area (Å²) < 4.78 is 13.7. The Kier molecular flexibility index (Phi) is 3.03. The highest BCUT2D eigenvalue weighted by Gasteiger charge is 2.10. The van der Waals surface area contributed by atoms with Gasteiger partial charge in [-0.05, 0) is 25.5 Å². The van der Waals surface area contributed by atoms with Gasteiger partial charge in [0.1, 0.15) is 5.82 Å². The summed E-state index contributed by atoms with van der Waals surface area (Å²) in [4.78, 5) is 5.16. The van der Waals surface area contributed by atoms with E-state index in [9.17, 15) is 4.39 Å². The molecule has 16 heavy (non-hydrogen) atoms. The van der Waals surface area contributed by atoms with Crippen molar-refractivity contribution in [1.29, 1.82) is 0 Å². The number of hydrogen-bond donors (Lipinski definition) is 1. The summed E-state index contributed by atoms with van der Waals surface area (Å²) in [5.74, 6) is -0.250. The lowest BCUT2D eigenvalue weighted by atomic mass is 10.0. The van der Waals surface area contributed by atoms with E-state index < -0.39 is 0 Å². The molecular weight excluding hydrogens is 223 g/mol. The standard InChI is InChI=1S/C12H13FN2S/c1-7(14)10-4-3-9(5-11(10)13)12-8(2)15-6-16-12/h3-7H,14H2,1-2H3/t7-/m0/s1. The third kappa shape index (κ3) is 1.99. The van der Waals surface area contributed by atoms with Gasteiger partial charge in [-0.15, -0.1) is 11.3 Å². The number of aryl methyl sites for hydroxylation is 1. The lowest BCUT2D eigenvalue weighted by Gasteiger charge is -2.08. The molecule has 4 heteroatoms. The maximum atomic E-state index is 13.7. The van der Waals surface area contributed by atoms with E-state index in [2.05, 4.69) is 4.98 Å². The van der Waals surface area contributed by atoms with Gasteiger partial charge in [0, 0.05) is 11.6 Å². The largest absolute Gasteiger partial charge is 0.324 e. The normalized spacial score (nSPS) is 12.8. The summed E-state index contributed by atoms with van der Waals surface area (Å²) >= 11 is 1.52. The molecule has 0 fully saturated rings. The second-order valence-corrected chi connectivity index (χ2v) is 4.65. The fraction of sp³-hybridized carbons (Fsp3) is 0.250. The van der Waals surface area contributed by atoms with Crippen molar-refractivity contribution in [3.8, 4) is 10.4 Å². The van der Waals surface area contributed by atoms with Crippen LogP contribution in [-0.4, -0.2) is 4.98 Å². The van der Waals surface area contributed by atoms with Gasteiger partial charge in [0.05, 0.1) is 16.1 Å². The summed E-state index contributed by atoms with van der Waals surface area (Å²) in [7, 11) is 0. The minimum Gasteiger partial charge on any atom is -0.324 e. The number of halogens is 1. The number of nitrogens with zero attached hydrogens (tertiary/aromatic N) is 1. The van der Waals surface area contributed by atoms with Gasteiger partial charge >= 0.3 is 0 Å². The predicted octanol–water partition coefficient (Wildman–Crippen LogP) is 3.28. The summed E-state index contributed by atoms with van der Waals surface area (Å²) in [6.45, 7) is 3.69. The number of thiazole rings is 1. The molecule has 2 N–H and O–H groups in total. The van der Waals surface area contributed by atoms with E-state index in [0.29, 0.717) is 5.56 Å². The van der Waals surface area contributed by atoms with Crippen molar-refractivity contribution >= 4 is 11.3 Å². The number of benzene rings is 1. The van der Waals surface area contributed by atoms with Crippen LogP contribution in [0.25, 0.3) is 10.4 Å². The van der Waals surface area contributed by atoms with Crippen molar-refractivity contribution in [3.63, 3.8) is 0 Å². The SMILES string of the molecule is Cc1ncsc1-c1ccc([C@H](C)N)c(F)c1. The Labute approximate surface area is 97.9 Å². The minimum atomic E-state index is -0.281. The second kappa shape index (κ2) is 4.31. The molecule has 1 aromatic heterocycles. The number of hydrogen-bond acceptors (Lipinski definition) is 3. The van der Waals surface area contributed by atoms with Gasteiger partial charge in [-0.1, -0.05) is 12.1 Å². The molecule has 0 radical (unpaired) electrons. The Hall–Kier alpha value is -1.26. The van der Waals surface area contributed by atoms with Crippen LogP contribution in [0.4, 0.5) is 4.39 Å². The van der Waals surface area contributed by atoms with E-state index in [1.165, 1.54) is 17.4 Å². The van der Waals surface area contributed by atoms with Crippen LogP contribution in [0, 0.1) is 12.7 Å². The Morgan fingerprint density at radius 3 is 2.69 bits per heavy atom. The maximum Gasteiger partial charge on any atom is 0.128 e. The summed E-state index contributed by atoms with van der Waals surface area (Å²) in [5.41, 5.74) is 9.77. The molecule has 2 rings (SSSR count). The zero-order valence-electron chi connectivity index (χ0n) is 9.20. The summed E-state index contributed by atoms with van der Waals surface area (Å²) in [6, 6.07) is 4.88. The van der Waals surface area contributed by atoms with Crippen LogP contribution in [0.5, 0.6) is 0 Å². The highest BCUT2D eigenvalue weighted by atomic mass is 32.1. The van der Waals surface area contributed by atoms with Crippen molar-refractivity contribution < 1.29 is 4.39 Å². The Balaban J connectivity index is 2.46. The van der Waals surface area contributed by atoms with E-state index in [4.69, 9.17) is 5.73 Å². The van der Waals surface area contributed by atoms with Crippen molar-refractivity contribution in [2.45, 2.75) is 19.9 Å². The number of rotatable bonds is 2. The maximum absolute atomic E-state index is 13.7. The monoisotopic (exact) mass is 236 g/mol. The summed E-state index contributed by atoms with van der Waals surface area (Å²) in [5, 5.41) is 0. The first-order valence-electron chi connectivity index (χ1n) is 5.05. The first kappa shape index (κ1) is 11.2. The van der Waals surface area contributed by atoms with Crippen LogP contribution in [0.15, 0.2) is 23.7 Å². The molecule has 0 bridgehead atoms. The highest BCUT2D eigenvalue weighted by Crippen LogP contribution is 2.29. The molecule has 0 saturated carbocycles. The third-order valence-electron chi connectivity index (χ3n) is 2.50. The average molecular weight is 236 g/mol. The molecule has 0 aliphatic carbocycles. The molecular formula is C12H13FN2S. The van der Waals surface area contributed by atoms with Crippen molar-refractivity contribution in [1.82, 2.24) is 4.98 Å². The Bertz CT molecular complexity index is 505. The van der Waals surface area contributed by atoms with E-state index in [-0.39, 0.29) is 11.9 Å². The van der Waals surface area contributed by atoms with Crippen LogP contribution in [0.3, 0.4) is 0 Å². The fourth-order valence-corrected chi connectivity index (χ4v) is 2.42. The molecule has 2 aromatic rings. The molecule has 0 unspecified atom stereocenters. The Morgan fingerprint density at radius 2 is 2.19 bits per heavy atom. The van der Waals surface area contributed by atoms with Gasteiger partial charge in [-0.25, -0.2) is 9.37 Å². The van der Waals surface area contributed by atoms with Gasteiger partial charge in [0.25, 0.3) is 0 Å². The van der Waals surface area contributed by atoms with E-state index in [1.807, 2.05) is 13.0 Å². The van der Waals surface area contributed by atoms with Crippen molar-refractivity contribution in [3.05, 3.63) is 40.8 Å². The van der Waals surface area contributed by atoms with Gasteiger partial charge < -0.3 is 5.73 Å². The smallest absolute Gasteiger partial charge is 0.128 e. The fourth-order valence-electron chi connectivity index (χ4n) is 1.62. The van der Waals surface area contributed by atoms with Gasteiger partial charge in [-0.2, -0.15) is 0 Å². The zero-order valence-corrected chi connectivity index (χ0v) is 10.0. The minimum absolute atomic E-state index is 0.250. The molecule has 0 amide bonds. The first-order valence-corrected chi connectivity index (χ1v) is 5.93. The third-order valence-corrected chi connectivity index (χ3v) is 3.48. The van der Waals surface area contributed by atoms with Crippen LogP contribution < -0.4 is 5.73 Å². The lowest BCUT2D eigenvalue weighted by molar-refractivity contribution is 0.594. The van der Waals surface area contributed by atoms with Crippen LogP contribution in [-0.2, 0) is 0 Å². The molecule has 0 aliphatic rings. The average Bonchev–Trinajstić information content (AvgIpc) is 2.63. The first-order chi connectivity index (χ1) is 7.59. The van der Waals surface area contributed by atoms with Crippen LogP contribution in [0.2, 0.25) is 0 Å². The van der Waals surface area contributed by atoms with Crippen LogP contribution >= 0.6 is 11.3 Å². The molecule has 84 valence electrons. The lowest BCUT2D eigenvalue weighted by Crippen LogP contribution is -2.07. The molecule has 1 atom stereocenters. The quantitative estimate of drug-likeness (QED) is 0.869. The summed E-state index contributed by atoms with van der Waals surface area (Å²) in [6.07, 6.45) is 0. The van der Waals surface area contributed by atoms with Crippen LogP contribution in [0.1, 0.15) is 24.2 Å². The Morgan fingerprint density at radius 1 is 1.44 bits per heavy atom. The highest BCUT2D eigenvalue weighted by molar-refractivity contribution is 7.13. The number of aromatic nitrogens is 1.